The smallest absolute Gasteiger partial charge is 0.147 e. The first-order valence-electron chi connectivity index (χ1n) is 5.71. The summed E-state index contributed by atoms with van der Waals surface area (Å²) in [5, 5.41) is 12.9. The van der Waals surface area contributed by atoms with Crippen molar-refractivity contribution in [3.8, 4) is 0 Å². The Kier molecular flexibility index (Phi) is 4.68. The molecule has 1 atom stereocenters. The number of aliphatic hydroxyl groups is 1. The van der Waals surface area contributed by atoms with E-state index in [4.69, 9.17) is 0 Å². The van der Waals surface area contributed by atoms with E-state index in [2.05, 4.69) is 29.1 Å². The van der Waals surface area contributed by atoms with Crippen LogP contribution in [0.4, 0.5) is 5.82 Å². The Morgan fingerprint density at radius 1 is 1.38 bits per heavy atom. The van der Waals surface area contributed by atoms with E-state index in [1.54, 1.807) is 6.20 Å². The van der Waals surface area contributed by atoms with Crippen molar-refractivity contribution in [1.29, 1.82) is 0 Å². The Labute approximate surface area is 97.1 Å². The highest BCUT2D eigenvalue weighted by Gasteiger charge is 2.08. The van der Waals surface area contributed by atoms with Crippen LogP contribution in [0.3, 0.4) is 0 Å². The van der Waals surface area contributed by atoms with Crippen LogP contribution in [0.5, 0.6) is 0 Å². The molecule has 0 fully saturated rings. The van der Waals surface area contributed by atoms with Gasteiger partial charge in [-0.25, -0.2) is 4.98 Å². The maximum atomic E-state index is 9.73. The Bertz CT molecular complexity index is 339. The van der Waals surface area contributed by atoms with Gasteiger partial charge in [-0.3, -0.25) is 4.98 Å². The second-order valence-corrected chi connectivity index (χ2v) is 4.61. The first-order valence-corrected chi connectivity index (χ1v) is 5.71. The van der Waals surface area contributed by atoms with E-state index in [0.717, 1.165) is 23.6 Å². The van der Waals surface area contributed by atoms with Gasteiger partial charge in [0.2, 0.25) is 0 Å². The third-order valence-corrected chi connectivity index (χ3v) is 2.32. The summed E-state index contributed by atoms with van der Waals surface area (Å²) < 4.78 is 0. The van der Waals surface area contributed by atoms with Crippen molar-refractivity contribution >= 4 is 5.82 Å². The van der Waals surface area contributed by atoms with Gasteiger partial charge in [-0.1, -0.05) is 13.8 Å². The summed E-state index contributed by atoms with van der Waals surface area (Å²) in [6.45, 7) is 8.53. The third-order valence-electron chi connectivity index (χ3n) is 2.32. The molecule has 0 spiro atoms. The van der Waals surface area contributed by atoms with Gasteiger partial charge in [-0.15, -0.1) is 0 Å². The average molecular weight is 223 g/mol. The zero-order valence-corrected chi connectivity index (χ0v) is 10.5. The Morgan fingerprint density at radius 3 is 2.69 bits per heavy atom. The summed E-state index contributed by atoms with van der Waals surface area (Å²) in [5.74, 6) is 1.27. The quantitative estimate of drug-likeness (QED) is 0.800. The standard InChI is InChI=1S/C12H21N3O/c1-8(2)5-11(16)7-14-12-10(4)13-6-9(3)15-12/h6,8,11,16H,5,7H2,1-4H3,(H,14,15). The number of nitrogens with one attached hydrogen (secondary N) is 1. The van der Waals surface area contributed by atoms with Crippen LogP contribution in [-0.4, -0.2) is 27.7 Å². The van der Waals surface area contributed by atoms with Crippen LogP contribution in [-0.2, 0) is 0 Å². The Hall–Kier alpha value is -1.16. The van der Waals surface area contributed by atoms with Crippen molar-refractivity contribution in [2.75, 3.05) is 11.9 Å². The zero-order valence-electron chi connectivity index (χ0n) is 10.5. The molecule has 0 saturated heterocycles. The van der Waals surface area contributed by atoms with E-state index in [1.165, 1.54) is 0 Å². The fourth-order valence-corrected chi connectivity index (χ4v) is 1.55. The van der Waals surface area contributed by atoms with Crippen LogP contribution in [0.25, 0.3) is 0 Å². The second-order valence-electron chi connectivity index (χ2n) is 4.61. The molecular weight excluding hydrogens is 202 g/mol. The molecule has 1 unspecified atom stereocenters. The molecule has 4 nitrogen and oxygen atoms in total. The van der Waals surface area contributed by atoms with Gasteiger partial charge < -0.3 is 10.4 Å². The predicted octanol–water partition coefficient (Wildman–Crippen LogP) is 1.91. The van der Waals surface area contributed by atoms with E-state index in [9.17, 15) is 5.11 Å². The number of nitrogens with zero attached hydrogens (tertiary/aromatic N) is 2. The van der Waals surface area contributed by atoms with E-state index >= 15 is 0 Å². The van der Waals surface area contributed by atoms with Crippen LogP contribution in [0.2, 0.25) is 0 Å². The highest BCUT2D eigenvalue weighted by atomic mass is 16.3. The number of aryl methyl sites for hydroxylation is 2. The minimum absolute atomic E-state index is 0.332. The lowest BCUT2D eigenvalue weighted by atomic mass is 10.1. The minimum atomic E-state index is -0.332. The molecule has 0 aliphatic rings. The van der Waals surface area contributed by atoms with E-state index in [1.807, 2.05) is 13.8 Å². The lowest BCUT2D eigenvalue weighted by molar-refractivity contribution is 0.161. The summed E-state index contributed by atoms with van der Waals surface area (Å²) in [5.41, 5.74) is 1.74. The van der Waals surface area contributed by atoms with Gasteiger partial charge >= 0.3 is 0 Å². The lowest BCUT2D eigenvalue weighted by Gasteiger charge is -2.15. The molecule has 90 valence electrons. The second kappa shape index (κ2) is 5.80. The number of rotatable bonds is 5. The molecule has 1 aromatic heterocycles. The molecule has 1 aromatic rings. The number of hydrogen-bond acceptors (Lipinski definition) is 4. The molecule has 1 rings (SSSR count). The summed E-state index contributed by atoms with van der Waals surface area (Å²) in [4.78, 5) is 8.55. The molecule has 16 heavy (non-hydrogen) atoms. The fourth-order valence-electron chi connectivity index (χ4n) is 1.55. The molecular formula is C12H21N3O. The lowest BCUT2D eigenvalue weighted by Crippen LogP contribution is -2.22. The summed E-state index contributed by atoms with van der Waals surface area (Å²) >= 11 is 0. The van der Waals surface area contributed by atoms with Crippen molar-refractivity contribution in [2.45, 2.75) is 40.2 Å². The fraction of sp³-hybridized carbons (Fsp3) is 0.667. The molecule has 0 amide bonds. The number of aliphatic hydroxyl groups excluding tert-OH is 1. The summed E-state index contributed by atoms with van der Waals surface area (Å²) in [6.07, 6.45) is 2.21. The SMILES string of the molecule is Cc1cnc(C)c(NCC(O)CC(C)C)n1. The summed E-state index contributed by atoms with van der Waals surface area (Å²) in [6, 6.07) is 0. The van der Waals surface area contributed by atoms with Gasteiger partial charge in [0.05, 0.1) is 17.5 Å². The summed E-state index contributed by atoms with van der Waals surface area (Å²) in [7, 11) is 0. The van der Waals surface area contributed by atoms with Crippen LogP contribution in [0.15, 0.2) is 6.20 Å². The van der Waals surface area contributed by atoms with E-state index in [-0.39, 0.29) is 6.10 Å². The molecule has 0 bridgehead atoms. The highest BCUT2D eigenvalue weighted by molar-refractivity contribution is 5.39. The Morgan fingerprint density at radius 2 is 2.06 bits per heavy atom. The van der Waals surface area contributed by atoms with Crippen molar-refractivity contribution < 1.29 is 5.11 Å². The van der Waals surface area contributed by atoms with Crippen LogP contribution in [0, 0.1) is 19.8 Å². The van der Waals surface area contributed by atoms with Crippen molar-refractivity contribution in [2.24, 2.45) is 5.92 Å². The molecule has 0 aliphatic heterocycles. The molecule has 2 N–H and O–H groups in total. The van der Waals surface area contributed by atoms with Gasteiger partial charge in [0.15, 0.2) is 0 Å². The molecule has 0 aliphatic carbocycles. The van der Waals surface area contributed by atoms with Gasteiger partial charge in [0.25, 0.3) is 0 Å². The minimum Gasteiger partial charge on any atom is -0.391 e. The predicted molar refractivity (Wildman–Crippen MR) is 65.5 cm³/mol. The van der Waals surface area contributed by atoms with Crippen molar-refractivity contribution in [3.63, 3.8) is 0 Å². The van der Waals surface area contributed by atoms with Crippen molar-refractivity contribution in [3.05, 3.63) is 17.6 Å². The van der Waals surface area contributed by atoms with Gasteiger partial charge in [-0.2, -0.15) is 0 Å². The highest BCUT2D eigenvalue weighted by Crippen LogP contribution is 2.10. The van der Waals surface area contributed by atoms with Crippen LogP contribution in [0.1, 0.15) is 31.7 Å². The van der Waals surface area contributed by atoms with E-state index in [0.29, 0.717) is 12.5 Å². The average Bonchev–Trinajstić information content (AvgIpc) is 2.18. The topological polar surface area (TPSA) is 58.0 Å². The molecule has 0 radical (unpaired) electrons. The number of hydrogen-bond donors (Lipinski definition) is 2. The van der Waals surface area contributed by atoms with Gasteiger partial charge in [0.1, 0.15) is 5.82 Å². The zero-order chi connectivity index (χ0) is 12.1. The normalized spacial score (nSPS) is 12.9. The maximum Gasteiger partial charge on any atom is 0.147 e. The van der Waals surface area contributed by atoms with Gasteiger partial charge in [-0.05, 0) is 26.2 Å². The molecule has 1 heterocycles. The molecule has 4 heteroatoms. The largest absolute Gasteiger partial charge is 0.391 e. The Balaban J connectivity index is 2.51. The first-order chi connectivity index (χ1) is 7.49. The van der Waals surface area contributed by atoms with Crippen LogP contribution >= 0.6 is 0 Å². The number of anilines is 1. The van der Waals surface area contributed by atoms with Crippen LogP contribution < -0.4 is 5.32 Å². The van der Waals surface area contributed by atoms with Crippen molar-refractivity contribution in [1.82, 2.24) is 9.97 Å². The van der Waals surface area contributed by atoms with Gasteiger partial charge in [0, 0.05) is 12.7 Å². The molecule has 0 saturated carbocycles. The van der Waals surface area contributed by atoms with E-state index < -0.39 is 0 Å². The number of aromatic nitrogens is 2. The monoisotopic (exact) mass is 223 g/mol. The molecule has 0 aromatic carbocycles. The maximum absolute atomic E-state index is 9.73. The first kappa shape index (κ1) is 12.9. The third kappa shape index (κ3) is 4.14.